The Morgan fingerprint density at radius 1 is 1.12 bits per heavy atom. The minimum atomic E-state index is -0.0728. The molecule has 0 aliphatic carbocycles. The number of carbonyl (C=O) groups excluding carboxylic acids is 1. The Kier molecular flexibility index (Phi) is 6.62. The van der Waals surface area contributed by atoms with Gasteiger partial charge >= 0.3 is 0 Å². The Balaban J connectivity index is 1.50. The summed E-state index contributed by atoms with van der Waals surface area (Å²) in [5, 5.41) is 2.96. The van der Waals surface area contributed by atoms with Crippen LogP contribution < -0.4 is 5.32 Å². The minimum absolute atomic E-state index is 0.0728. The molecular weight excluding hydrogens is 382 g/mol. The molecule has 1 aliphatic rings. The number of benzene rings is 2. The zero-order valence-corrected chi connectivity index (χ0v) is 15.6. The molecule has 0 bridgehead atoms. The van der Waals surface area contributed by atoms with E-state index in [1.807, 2.05) is 24.3 Å². The van der Waals surface area contributed by atoms with E-state index in [0.29, 0.717) is 18.7 Å². The number of amides is 1. The third-order valence-electron chi connectivity index (χ3n) is 4.20. The van der Waals surface area contributed by atoms with E-state index in [-0.39, 0.29) is 12.0 Å². The zero-order chi connectivity index (χ0) is 17.5. The van der Waals surface area contributed by atoms with Gasteiger partial charge in [-0.15, -0.1) is 0 Å². The fourth-order valence-electron chi connectivity index (χ4n) is 2.77. The van der Waals surface area contributed by atoms with Crippen LogP contribution in [0.5, 0.6) is 0 Å². The molecule has 1 N–H and O–H groups in total. The Labute approximate surface area is 156 Å². The van der Waals surface area contributed by atoms with Crippen LogP contribution in [-0.2, 0) is 22.6 Å². The molecule has 132 valence electrons. The molecule has 1 amide bonds. The Hall–Kier alpha value is -1.69. The lowest BCUT2D eigenvalue weighted by molar-refractivity contribution is -0.0390. The summed E-state index contributed by atoms with van der Waals surface area (Å²) >= 11 is 3.37. The number of rotatable bonds is 6. The zero-order valence-electron chi connectivity index (χ0n) is 14.0. The van der Waals surface area contributed by atoms with Crippen LogP contribution >= 0.6 is 15.9 Å². The lowest BCUT2D eigenvalue weighted by Gasteiger charge is -2.22. The summed E-state index contributed by atoms with van der Waals surface area (Å²) in [6.45, 7) is 2.67. The fraction of sp³-hybridized carbons (Fsp3) is 0.350. The standard InChI is InChI=1S/C20H22BrNO3/c21-18-6-4-17(5-7-18)20(23)22-13-15-2-1-3-16(12-15)14-25-19-8-10-24-11-9-19/h1-7,12,19H,8-11,13-14H2,(H,22,23). The van der Waals surface area contributed by atoms with E-state index < -0.39 is 0 Å². The predicted molar refractivity (Wildman–Crippen MR) is 100 cm³/mol. The van der Waals surface area contributed by atoms with E-state index in [2.05, 4.69) is 33.4 Å². The van der Waals surface area contributed by atoms with Gasteiger partial charge < -0.3 is 14.8 Å². The first kappa shape index (κ1) is 18.1. The number of carbonyl (C=O) groups is 1. The minimum Gasteiger partial charge on any atom is -0.381 e. The molecule has 0 aromatic heterocycles. The molecule has 0 saturated carbocycles. The molecule has 1 saturated heterocycles. The monoisotopic (exact) mass is 403 g/mol. The molecule has 0 radical (unpaired) electrons. The van der Waals surface area contributed by atoms with Gasteiger partial charge in [-0.3, -0.25) is 4.79 Å². The summed E-state index contributed by atoms with van der Waals surface area (Å²) in [7, 11) is 0. The Morgan fingerprint density at radius 2 is 1.84 bits per heavy atom. The normalized spacial score (nSPS) is 15.1. The van der Waals surface area contributed by atoms with E-state index in [0.717, 1.165) is 41.7 Å². The van der Waals surface area contributed by atoms with Gasteiger partial charge in [-0.25, -0.2) is 0 Å². The molecule has 4 nitrogen and oxygen atoms in total. The van der Waals surface area contributed by atoms with Crippen LogP contribution in [0.3, 0.4) is 0 Å². The molecule has 0 spiro atoms. The summed E-state index contributed by atoms with van der Waals surface area (Å²) in [5.74, 6) is -0.0728. The van der Waals surface area contributed by atoms with Crippen molar-refractivity contribution in [2.75, 3.05) is 13.2 Å². The van der Waals surface area contributed by atoms with E-state index in [4.69, 9.17) is 9.47 Å². The maximum absolute atomic E-state index is 12.2. The van der Waals surface area contributed by atoms with Crippen molar-refractivity contribution < 1.29 is 14.3 Å². The lowest BCUT2D eigenvalue weighted by Crippen LogP contribution is -2.23. The molecule has 1 aliphatic heterocycles. The summed E-state index contributed by atoms with van der Waals surface area (Å²) in [6, 6.07) is 15.5. The first-order chi connectivity index (χ1) is 12.2. The average molecular weight is 404 g/mol. The number of hydrogen-bond acceptors (Lipinski definition) is 3. The van der Waals surface area contributed by atoms with Crippen molar-refractivity contribution in [2.45, 2.75) is 32.1 Å². The van der Waals surface area contributed by atoms with E-state index >= 15 is 0 Å². The van der Waals surface area contributed by atoms with Crippen molar-refractivity contribution >= 4 is 21.8 Å². The van der Waals surface area contributed by atoms with Crippen LogP contribution in [0.4, 0.5) is 0 Å². The maximum atomic E-state index is 12.2. The Bertz CT molecular complexity index is 696. The predicted octanol–water partition coefficient (Wildman–Crippen LogP) is 4.07. The van der Waals surface area contributed by atoms with Gasteiger partial charge in [0.25, 0.3) is 5.91 Å². The first-order valence-electron chi connectivity index (χ1n) is 8.51. The number of hydrogen-bond donors (Lipinski definition) is 1. The number of ether oxygens (including phenoxy) is 2. The van der Waals surface area contributed by atoms with E-state index in [1.165, 1.54) is 0 Å². The summed E-state index contributed by atoms with van der Waals surface area (Å²) in [5.41, 5.74) is 2.85. The van der Waals surface area contributed by atoms with Gasteiger partial charge in [0.1, 0.15) is 0 Å². The molecular formula is C20H22BrNO3. The molecule has 3 rings (SSSR count). The summed E-state index contributed by atoms with van der Waals surface area (Å²) < 4.78 is 12.3. The molecule has 25 heavy (non-hydrogen) atoms. The smallest absolute Gasteiger partial charge is 0.251 e. The molecule has 1 heterocycles. The SMILES string of the molecule is O=C(NCc1cccc(COC2CCOCC2)c1)c1ccc(Br)cc1. The quantitative estimate of drug-likeness (QED) is 0.790. The lowest BCUT2D eigenvalue weighted by atomic mass is 10.1. The van der Waals surface area contributed by atoms with Crippen LogP contribution in [-0.4, -0.2) is 25.2 Å². The molecule has 0 unspecified atom stereocenters. The highest BCUT2D eigenvalue weighted by Gasteiger charge is 2.14. The van der Waals surface area contributed by atoms with Crippen LogP contribution in [0, 0.1) is 0 Å². The Morgan fingerprint density at radius 3 is 2.60 bits per heavy atom. The van der Waals surface area contributed by atoms with Gasteiger partial charge in [-0.05, 0) is 48.2 Å². The maximum Gasteiger partial charge on any atom is 0.251 e. The summed E-state index contributed by atoms with van der Waals surface area (Å²) in [4.78, 5) is 12.2. The molecule has 2 aromatic carbocycles. The third kappa shape index (κ3) is 5.66. The third-order valence-corrected chi connectivity index (χ3v) is 4.73. The van der Waals surface area contributed by atoms with Crippen LogP contribution in [0.25, 0.3) is 0 Å². The van der Waals surface area contributed by atoms with Crippen molar-refractivity contribution in [1.82, 2.24) is 5.32 Å². The van der Waals surface area contributed by atoms with Gasteiger partial charge in [0.2, 0.25) is 0 Å². The van der Waals surface area contributed by atoms with Crippen molar-refractivity contribution in [3.8, 4) is 0 Å². The average Bonchev–Trinajstić information content (AvgIpc) is 2.66. The van der Waals surface area contributed by atoms with Crippen molar-refractivity contribution in [3.05, 3.63) is 69.7 Å². The van der Waals surface area contributed by atoms with Crippen molar-refractivity contribution in [2.24, 2.45) is 0 Å². The van der Waals surface area contributed by atoms with Gasteiger partial charge in [0.05, 0.1) is 12.7 Å². The molecule has 1 fully saturated rings. The second-order valence-electron chi connectivity index (χ2n) is 6.13. The van der Waals surface area contributed by atoms with Gasteiger partial charge in [0, 0.05) is 29.8 Å². The molecule has 5 heteroatoms. The van der Waals surface area contributed by atoms with Crippen molar-refractivity contribution in [3.63, 3.8) is 0 Å². The molecule has 0 atom stereocenters. The van der Waals surface area contributed by atoms with Crippen LogP contribution in [0.1, 0.15) is 34.3 Å². The van der Waals surface area contributed by atoms with Crippen LogP contribution in [0.15, 0.2) is 53.0 Å². The number of nitrogens with one attached hydrogen (secondary N) is 1. The largest absolute Gasteiger partial charge is 0.381 e. The van der Waals surface area contributed by atoms with Gasteiger partial charge in [-0.1, -0.05) is 40.2 Å². The topological polar surface area (TPSA) is 47.6 Å². The van der Waals surface area contributed by atoms with E-state index in [1.54, 1.807) is 12.1 Å². The van der Waals surface area contributed by atoms with Gasteiger partial charge in [0.15, 0.2) is 0 Å². The van der Waals surface area contributed by atoms with Crippen LogP contribution in [0.2, 0.25) is 0 Å². The second kappa shape index (κ2) is 9.13. The molecule has 2 aromatic rings. The van der Waals surface area contributed by atoms with E-state index in [9.17, 15) is 4.79 Å². The van der Waals surface area contributed by atoms with Gasteiger partial charge in [-0.2, -0.15) is 0 Å². The highest BCUT2D eigenvalue weighted by molar-refractivity contribution is 9.10. The first-order valence-corrected chi connectivity index (χ1v) is 9.31. The highest BCUT2D eigenvalue weighted by Crippen LogP contribution is 2.15. The highest BCUT2D eigenvalue weighted by atomic mass is 79.9. The fourth-order valence-corrected chi connectivity index (χ4v) is 3.04. The second-order valence-corrected chi connectivity index (χ2v) is 7.05. The van der Waals surface area contributed by atoms with Crippen molar-refractivity contribution in [1.29, 1.82) is 0 Å². The number of halogens is 1. The summed E-state index contributed by atoms with van der Waals surface area (Å²) in [6.07, 6.45) is 2.21.